The predicted molar refractivity (Wildman–Crippen MR) is 80.7 cm³/mol. The summed E-state index contributed by atoms with van der Waals surface area (Å²) in [6.07, 6.45) is -3.54. The zero-order valence-corrected chi connectivity index (χ0v) is 13.5. The number of ether oxygens (including phenoxy) is 1. The fourth-order valence-electron chi connectivity index (χ4n) is 2.08. The molecule has 0 saturated carbocycles. The summed E-state index contributed by atoms with van der Waals surface area (Å²) < 4.78 is 40.9. The van der Waals surface area contributed by atoms with E-state index in [0.29, 0.717) is 6.54 Å². The summed E-state index contributed by atoms with van der Waals surface area (Å²) in [7, 11) is 0. The lowest BCUT2D eigenvalue weighted by molar-refractivity contribution is -0.152. The average molecular weight is 359 g/mol. The Labute approximate surface area is 136 Å². The first-order chi connectivity index (χ1) is 9.85. The summed E-state index contributed by atoms with van der Waals surface area (Å²) in [5.74, 6) is -0.0629. The fourth-order valence-corrected chi connectivity index (χ4v) is 2.94. The molecule has 2 heterocycles. The van der Waals surface area contributed by atoms with Crippen LogP contribution in [0.15, 0.2) is 12.1 Å². The highest BCUT2D eigenvalue weighted by Gasteiger charge is 2.29. The summed E-state index contributed by atoms with van der Waals surface area (Å²) >= 11 is 1.11. The van der Waals surface area contributed by atoms with Crippen LogP contribution in [0, 0.1) is 5.92 Å². The second-order valence-electron chi connectivity index (χ2n) is 4.98. The summed E-state index contributed by atoms with van der Waals surface area (Å²) in [5, 5.41) is 6.19. The van der Waals surface area contributed by atoms with E-state index in [1.807, 2.05) is 0 Å². The lowest BCUT2D eigenvalue weighted by atomic mass is 10.1. The molecule has 126 valence electrons. The average Bonchev–Trinajstić information content (AvgIpc) is 3.07. The van der Waals surface area contributed by atoms with E-state index in [4.69, 9.17) is 0 Å². The minimum atomic E-state index is -4.35. The number of rotatable bonds is 5. The number of thiophene rings is 1. The summed E-state index contributed by atoms with van der Waals surface area (Å²) in [4.78, 5) is 12.7. The van der Waals surface area contributed by atoms with Crippen molar-refractivity contribution in [1.29, 1.82) is 0 Å². The van der Waals surface area contributed by atoms with E-state index in [1.165, 1.54) is 6.07 Å². The zero-order valence-electron chi connectivity index (χ0n) is 11.9. The molecule has 9 heteroatoms. The minimum absolute atomic E-state index is 0. The smallest absolute Gasteiger partial charge is 0.422 e. The summed E-state index contributed by atoms with van der Waals surface area (Å²) in [5.41, 5.74) is 0. The van der Waals surface area contributed by atoms with Gasteiger partial charge in [-0.15, -0.1) is 23.7 Å². The molecule has 4 nitrogen and oxygen atoms in total. The highest BCUT2D eigenvalue weighted by molar-refractivity contribution is 7.13. The Kier molecular flexibility index (Phi) is 6.96. The molecule has 1 amide bonds. The molecular weight excluding hydrogens is 341 g/mol. The van der Waals surface area contributed by atoms with Gasteiger partial charge < -0.3 is 15.4 Å². The third kappa shape index (κ3) is 5.66. The van der Waals surface area contributed by atoms with Gasteiger partial charge in [0.05, 0.1) is 12.0 Å². The topological polar surface area (TPSA) is 50.4 Å². The molecule has 1 fully saturated rings. The lowest BCUT2D eigenvalue weighted by Gasteiger charge is -2.15. The van der Waals surface area contributed by atoms with Crippen LogP contribution in [0.1, 0.15) is 24.3 Å². The van der Waals surface area contributed by atoms with Gasteiger partial charge in [-0.25, -0.2) is 0 Å². The van der Waals surface area contributed by atoms with Crippen LogP contribution in [0.2, 0.25) is 0 Å². The minimum Gasteiger partial charge on any atom is -0.475 e. The molecule has 0 bridgehead atoms. The first-order valence-electron chi connectivity index (χ1n) is 6.65. The molecule has 0 aliphatic carbocycles. The standard InChI is InChI=1S/C13H17F3N2O2S.ClH/c1-8(18-12(19)9-4-5-17-6-9)10-2-3-11(21-10)20-7-13(14,15)16;/h2-3,8-9,17H,4-7H2,1H3,(H,18,19);1H/t8-,9+;/m1./s1. The molecule has 1 aromatic heterocycles. The molecule has 1 saturated heterocycles. The highest BCUT2D eigenvalue weighted by atomic mass is 35.5. The predicted octanol–water partition coefficient (Wildman–Crippen LogP) is 2.90. The number of hydrogen-bond acceptors (Lipinski definition) is 4. The lowest BCUT2D eigenvalue weighted by Crippen LogP contribution is -2.33. The molecular formula is C13H18ClF3N2O2S. The van der Waals surface area contributed by atoms with E-state index >= 15 is 0 Å². The fraction of sp³-hybridized carbons (Fsp3) is 0.615. The van der Waals surface area contributed by atoms with E-state index in [9.17, 15) is 18.0 Å². The van der Waals surface area contributed by atoms with Gasteiger partial charge in [0.15, 0.2) is 11.7 Å². The van der Waals surface area contributed by atoms with Gasteiger partial charge >= 0.3 is 6.18 Å². The van der Waals surface area contributed by atoms with Crippen LogP contribution in [-0.4, -0.2) is 31.8 Å². The van der Waals surface area contributed by atoms with E-state index in [1.54, 1.807) is 13.0 Å². The van der Waals surface area contributed by atoms with Crippen molar-refractivity contribution in [2.75, 3.05) is 19.7 Å². The molecule has 1 aliphatic heterocycles. The third-order valence-electron chi connectivity index (χ3n) is 3.20. The monoisotopic (exact) mass is 358 g/mol. The Morgan fingerprint density at radius 2 is 2.27 bits per heavy atom. The van der Waals surface area contributed by atoms with Crippen molar-refractivity contribution in [2.45, 2.75) is 25.6 Å². The van der Waals surface area contributed by atoms with Gasteiger partial charge in [0.25, 0.3) is 0 Å². The Bertz CT molecular complexity index is 490. The molecule has 1 aromatic rings. The second kappa shape index (κ2) is 8.03. The van der Waals surface area contributed by atoms with Crippen molar-refractivity contribution in [3.05, 3.63) is 17.0 Å². The van der Waals surface area contributed by atoms with Crippen LogP contribution in [-0.2, 0) is 4.79 Å². The number of halogens is 4. The number of carbonyl (C=O) groups is 1. The van der Waals surface area contributed by atoms with Gasteiger partial charge in [-0.1, -0.05) is 0 Å². The summed E-state index contributed by atoms with van der Waals surface area (Å²) in [6.45, 7) is 2.00. The highest BCUT2D eigenvalue weighted by Crippen LogP contribution is 2.30. The Balaban J connectivity index is 0.00000242. The largest absolute Gasteiger partial charge is 0.475 e. The first-order valence-corrected chi connectivity index (χ1v) is 7.47. The Morgan fingerprint density at radius 3 is 2.86 bits per heavy atom. The molecule has 0 spiro atoms. The number of nitrogens with one attached hydrogen (secondary N) is 2. The maximum Gasteiger partial charge on any atom is 0.422 e. The van der Waals surface area contributed by atoms with Gasteiger partial charge in [0, 0.05) is 11.4 Å². The SMILES string of the molecule is C[C@@H](NC(=O)[C@H]1CCNC1)c1ccc(OCC(F)(F)F)s1.Cl. The van der Waals surface area contributed by atoms with Crippen LogP contribution in [0.3, 0.4) is 0 Å². The van der Waals surface area contributed by atoms with Crippen LogP contribution < -0.4 is 15.4 Å². The molecule has 2 rings (SSSR count). The third-order valence-corrected chi connectivity index (χ3v) is 4.38. The second-order valence-corrected chi connectivity index (χ2v) is 6.06. The number of amides is 1. The molecule has 2 atom stereocenters. The normalized spacial score (nSPS) is 19.4. The van der Waals surface area contributed by atoms with Crippen molar-refractivity contribution in [3.63, 3.8) is 0 Å². The molecule has 0 unspecified atom stereocenters. The van der Waals surface area contributed by atoms with Gasteiger partial charge in [-0.2, -0.15) is 13.2 Å². The maximum atomic E-state index is 12.1. The van der Waals surface area contributed by atoms with Crippen LogP contribution >= 0.6 is 23.7 Å². The Hall–Kier alpha value is -0.990. The van der Waals surface area contributed by atoms with Crippen LogP contribution in [0.5, 0.6) is 5.06 Å². The number of carbonyl (C=O) groups excluding carboxylic acids is 1. The van der Waals surface area contributed by atoms with E-state index in [-0.39, 0.29) is 35.3 Å². The van der Waals surface area contributed by atoms with Gasteiger partial charge in [0.2, 0.25) is 5.91 Å². The van der Waals surface area contributed by atoms with Crippen molar-refractivity contribution >= 4 is 29.7 Å². The van der Waals surface area contributed by atoms with Crippen molar-refractivity contribution in [3.8, 4) is 5.06 Å². The number of hydrogen-bond donors (Lipinski definition) is 2. The molecule has 0 radical (unpaired) electrons. The first kappa shape index (κ1) is 19.1. The van der Waals surface area contributed by atoms with Crippen LogP contribution in [0.4, 0.5) is 13.2 Å². The molecule has 0 aromatic carbocycles. The molecule has 2 N–H and O–H groups in total. The van der Waals surface area contributed by atoms with Gasteiger partial charge in [0.1, 0.15) is 0 Å². The number of alkyl halides is 3. The van der Waals surface area contributed by atoms with E-state index in [0.717, 1.165) is 29.2 Å². The quantitative estimate of drug-likeness (QED) is 0.851. The van der Waals surface area contributed by atoms with Crippen LogP contribution in [0.25, 0.3) is 0 Å². The van der Waals surface area contributed by atoms with Crippen molar-refractivity contribution in [1.82, 2.24) is 10.6 Å². The summed E-state index contributed by atoms with van der Waals surface area (Å²) in [6, 6.07) is 2.92. The molecule has 1 aliphatic rings. The van der Waals surface area contributed by atoms with E-state index in [2.05, 4.69) is 15.4 Å². The zero-order chi connectivity index (χ0) is 15.5. The van der Waals surface area contributed by atoms with Crippen molar-refractivity contribution in [2.24, 2.45) is 5.92 Å². The van der Waals surface area contributed by atoms with Crippen molar-refractivity contribution < 1.29 is 22.7 Å². The van der Waals surface area contributed by atoms with Gasteiger partial charge in [-0.3, -0.25) is 4.79 Å². The Morgan fingerprint density at radius 1 is 1.55 bits per heavy atom. The maximum absolute atomic E-state index is 12.1. The van der Waals surface area contributed by atoms with E-state index < -0.39 is 12.8 Å². The molecule has 22 heavy (non-hydrogen) atoms. The van der Waals surface area contributed by atoms with Gasteiger partial charge in [-0.05, 0) is 32.0 Å².